The number of carbonyl (C=O) groups is 2. The molecule has 1 aliphatic heterocycles. The summed E-state index contributed by atoms with van der Waals surface area (Å²) in [4.78, 5) is 26.6. The number of hydrogen-bond acceptors (Lipinski definition) is 4. The fourth-order valence-corrected chi connectivity index (χ4v) is 3.81. The molecule has 2 fully saturated rings. The standard InChI is InChI=1S/C20H28N2O4/c1-25-16-8-10-17(11-9-16)26-15-7-14-22-18(23)20(21-19(22)24)12-5-3-2-4-6-13-20/h8-11H,2-7,12-15H2,1H3,(H,21,24). The minimum Gasteiger partial charge on any atom is -0.497 e. The highest BCUT2D eigenvalue weighted by Gasteiger charge is 2.49. The summed E-state index contributed by atoms with van der Waals surface area (Å²) in [7, 11) is 1.62. The first kappa shape index (κ1) is 18.5. The van der Waals surface area contributed by atoms with Crippen molar-refractivity contribution in [1.82, 2.24) is 10.2 Å². The van der Waals surface area contributed by atoms with Crippen LogP contribution in [0, 0.1) is 0 Å². The van der Waals surface area contributed by atoms with Crippen LogP contribution in [0.4, 0.5) is 4.79 Å². The summed E-state index contributed by atoms with van der Waals surface area (Å²) >= 11 is 0. The van der Waals surface area contributed by atoms with E-state index >= 15 is 0 Å². The van der Waals surface area contributed by atoms with Crippen molar-refractivity contribution in [2.75, 3.05) is 20.3 Å². The van der Waals surface area contributed by atoms with E-state index < -0.39 is 5.54 Å². The van der Waals surface area contributed by atoms with Crippen LogP contribution in [0.3, 0.4) is 0 Å². The lowest BCUT2D eigenvalue weighted by Crippen LogP contribution is -2.47. The molecule has 0 aromatic heterocycles. The van der Waals surface area contributed by atoms with Gasteiger partial charge in [-0.2, -0.15) is 0 Å². The summed E-state index contributed by atoms with van der Waals surface area (Å²) in [6.45, 7) is 0.846. The van der Waals surface area contributed by atoms with Crippen molar-refractivity contribution < 1.29 is 19.1 Å². The first-order valence-electron chi connectivity index (χ1n) is 9.56. The van der Waals surface area contributed by atoms with Crippen molar-refractivity contribution in [3.63, 3.8) is 0 Å². The molecule has 6 heteroatoms. The third-order valence-electron chi connectivity index (χ3n) is 5.31. The molecule has 0 bridgehead atoms. The lowest BCUT2D eigenvalue weighted by molar-refractivity contribution is -0.132. The van der Waals surface area contributed by atoms with Gasteiger partial charge in [-0.1, -0.05) is 32.1 Å². The molecular formula is C20H28N2O4. The van der Waals surface area contributed by atoms with E-state index in [9.17, 15) is 9.59 Å². The number of imide groups is 1. The molecule has 1 aromatic rings. The molecule has 0 atom stereocenters. The number of rotatable bonds is 6. The Kier molecular flexibility index (Phi) is 6.01. The van der Waals surface area contributed by atoms with Gasteiger partial charge in [0.05, 0.1) is 13.7 Å². The van der Waals surface area contributed by atoms with E-state index in [0.29, 0.717) is 19.6 Å². The second-order valence-corrected chi connectivity index (χ2v) is 7.11. The smallest absolute Gasteiger partial charge is 0.325 e. The van der Waals surface area contributed by atoms with Crippen molar-refractivity contribution in [2.24, 2.45) is 0 Å². The summed E-state index contributed by atoms with van der Waals surface area (Å²) in [5.74, 6) is 1.48. The lowest BCUT2D eigenvalue weighted by Gasteiger charge is -2.28. The molecule has 26 heavy (non-hydrogen) atoms. The molecule has 0 unspecified atom stereocenters. The van der Waals surface area contributed by atoms with E-state index in [0.717, 1.165) is 50.0 Å². The summed E-state index contributed by atoms with van der Waals surface area (Å²) in [5.41, 5.74) is -0.658. The zero-order valence-electron chi connectivity index (χ0n) is 15.5. The second kappa shape index (κ2) is 8.43. The topological polar surface area (TPSA) is 67.9 Å². The SMILES string of the molecule is COc1ccc(OCCCN2C(=O)NC3(CCCCCCC3)C2=O)cc1. The largest absolute Gasteiger partial charge is 0.497 e. The van der Waals surface area contributed by atoms with Gasteiger partial charge in [0.25, 0.3) is 5.91 Å². The van der Waals surface area contributed by atoms with Crippen molar-refractivity contribution in [2.45, 2.75) is 56.9 Å². The van der Waals surface area contributed by atoms with Crippen LogP contribution in [0.2, 0.25) is 0 Å². The first-order valence-corrected chi connectivity index (χ1v) is 9.56. The summed E-state index contributed by atoms with van der Waals surface area (Å²) in [5, 5.41) is 2.99. The van der Waals surface area contributed by atoms with Gasteiger partial charge in [-0.3, -0.25) is 9.69 Å². The van der Waals surface area contributed by atoms with Gasteiger partial charge in [0.2, 0.25) is 0 Å². The number of nitrogens with zero attached hydrogens (tertiary/aromatic N) is 1. The molecule has 1 saturated carbocycles. The van der Waals surface area contributed by atoms with Gasteiger partial charge in [-0.15, -0.1) is 0 Å². The molecule has 1 spiro atoms. The molecule has 1 aromatic carbocycles. The van der Waals surface area contributed by atoms with Crippen LogP contribution >= 0.6 is 0 Å². The molecule has 1 aliphatic carbocycles. The zero-order valence-corrected chi connectivity index (χ0v) is 15.5. The van der Waals surface area contributed by atoms with Crippen LogP contribution in [0.25, 0.3) is 0 Å². The Balaban J connectivity index is 1.49. The number of ether oxygens (including phenoxy) is 2. The van der Waals surface area contributed by atoms with Crippen molar-refractivity contribution in [1.29, 1.82) is 0 Å². The van der Waals surface area contributed by atoms with E-state index in [1.165, 1.54) is 11.3 Å². The average Bonchev–Trinajstić information content (AvgIpc) is 2.87. The van der Waals surface area contributed by atoms with E-state index in [1.54, 1.807) is 7.11 Å². The minimum atomic E-state index is -0.658. The Morgan fingerprint density at radius 1 is 1.00 bits per heavy atom. The monoisotopic (exact) mass is 360 g/mol. The quantitative estimate of drug-likeness (QED) is 0.623. The fourth-order valence-electron chi connectivity index (χ4n) is 3.81. The van der Waals surface area contributed by atoms with E-state index in [1.807, 2.05) is 24.3 Å². The molecule has 0 radical (unpaired) electrons. The molecule has 2 aliphatic rings. The molecule has 3 rings (SSSR count). The Labute approximate surface area is 154 Å². The van der Waals surface area contributed by atoms with Gasteiger partial charge in [0, 0.05) is 6.54 Å². The Hall–Kier alpha value is -2.24. The lowest BCUT2D eigenvalue weighted by atomic mass is 9.84. The number of carbonyl (C=O) groups excluding carboxylic acids is 2. The third kappa shape index (κ3) is 4.11. The number of benzene rings is 1. The van der Waals surface area contributed by atoms with Gasteiger partial charge in [0.1, 0.15) is 17.0 Å². The van der Waals surface area contributed by atoms with Crippen LogP contribution in [0.15, 0.2) is 24.3 Å². The number of amides is 3. The van der Waals surface area contributed by atoms with E-state index in [-0.39, 0.29) is 11.9 Å². The molecule has 1 saturated heterocycles. The van der Waals surface area contributed by atoms with Crippen LogP contribution in [0.1, 0.15) is 51.4 Å². The highest BCUT2D eigenvalue weighted by atomic mass is 16.5. The summed E-state index contributed by atoms with van der Waals surface area (Å²) in [6, 6.07) is 7.11. The first-order chi connectivity index (χ1) is 12.6. The normalized spacial score (nSPS) is 19.8. The van der Waals surface area contributed by atoms with Gasteiger partial charge in [-0.25, -0.2) is 4.79 Å². The highest BCUT2D eigenvalue weighted by molar-refractivity contribution is 6.07. The van der Waals surface area contributed by atoms with Crippen molar-refractivity contribution in [3.8, 4) is 11.5 Å². The molecular weight excluding hydrogens is 332 g/mol. The fraction of sp³-hybridized carbons (Fsp3) is 0.600. The Morgan fingerprint density at radius 2 is 1.62 bits per heavy atom. The average molecular weight is 360 g/mol. The van der Waals surface area contributed by atoms with Crippen LogP contribution < -0.4 is 14.8 Å². The van der Waals surface area contributed by atoms with Crippen molar-refractivity contribution >= 4 is 11.9 Å². The zero-order chi connectivity index (χ0) is 18.4. The summed E-state index contributed by atoms with van der Waals surface area (Å²) < 4.78 is 10.8. The predicted molar refractivity (Wildman–Crippen MR) is 98.4 cm³/mol. The predicted octanol–water partition coefficient (Wildman–Crippen LogP) is 3.50. The molecule has 1 heterocycles. The Morgan fingerprint density at radius 3 is 2.27 bits per heavy atom. The van der Waals surface area contributed by atoms with Crippen molar-refractivity contribution in [3.05, 3.63) is 24.3 Å². The third-order valence-corrected chi connectivity index (χ3v) is 5.31. The number of hydrogen-bond donors (Lipinski definition) is 1. The van der Waals surface area contributed by atoms with Crippen LogP contribution in [-0.2, 0) is 4.79 Å². The maximum absolute atomic E-state index is 12.9. The summed E-state index contributed by atoms with van der Waals surface area (Å²) in [6.07, 6.45) is 7.64. The number of urea groups is 1. The van der Waals surface area contributed by atoms with E-state index in [2.05, 4.69) is 5.32 Å². The van der Waals surface area contributed by atoms with Gasteiger partial charge >= 0.3 is 6.03 Å². The van der Waals surface area contributed by atoms with Gasteiger partial charge in [-0.05, 0) is 43.5 Å². The number of nitrogens with one attached hydrogen (secondary N) is 1. The van der Waals surface area contributed by atoms with Gasteiger partial charge in [0.15, 0.2) is 0 Å². The minimum absolute atomic E-state index is 0.0474. The second-order valence-electron chi connectivity index (χ2n) is 7.11. The maximum atomic E-state index is 12.9. The van der Waals surface area contributed by atoms with E-state index in [4.69, 9.17) is 9.47 Å². The highest BCUT2D eigenvalue weighted by Crippen LogP contribution is 2.32. The molecule has 3 amide bonds. The van der Waals surface area contributed by atoms with Gasteiger partial charge < -0.3 is 14.8 Å². The number of methoxy groups -OCH3 is 1. The van der Waals surface area contributed by atoms with Crippen LogP contribution in [0.5, 0.6) is 11.5 Å². The van der Waals surface area contributed by atoms with Crippen LogP contribution in [-0.4, -0.2) is 42.6 Å². The Bertz CT molecular complexity index is 621. The molecule has 6 nitrogen and oxygen atoms in total. The molecule has 1 N–H and O–H groups in total. The molecule has 142 valence electrons. The maximum Gasteiger partial charge on any atom is 0.325 e.